The zero-order chi connectivity index (χ0) is 2.71. The molecule has 0 aromatic rings. The minimum Gasteiger partial charge on any atom is 1.00 e. The Hall–Kier alpha value is 1.26. The maximum Gasteiger partial charge on any atom is 1.00 e. The normalized spacial score (nSPS) is 1.60. The van der Waals surface area contributed by atoms with Crippen molar-refractivity contribution in [3.05, 3.63) is 0 Å². The molecule has 5 heavy (non-hydrogen) atoms. The molecular formula is H2BKO3. The topological polar surface area (TPSA) is 71.6 Å². The predicted molar refractivity (Wildman–Crippen MR) is 10.1 cm³/mol. The second kappa shape index (κ2) is 18.7. The van der Waals surface area contributed by atoms with Crippen LogP contribution in [0, 0.1) is 0 Å². The third-order valence-electron chi connectivity index (χ3n) is 0. The summed E-state index contributed by atoms with van der Waals surface area (Å²) in [7, 11) is -0.500. The molecule has 24 valence electrons. The van der Waals surface area contributed by atoms with Crippen LogP contribution >= 0.6 is 0 Å². The van der Waals surface area contributed by atoms with E-state index in [0.29, 0.717) is 0 Å². The molecule has 0 unspecified atom stereocenters. The van der Waals surface area contributed by atoms with Crippen LogP contribution in [0.2, 0.25) is 0 Å². The van der Waals surface area contributed by atoms with Gasteiger partial charge in [-0.2, -0.15) is 0 Å². The minimum absolute atomic E-state index is 0. The van der Waals surface area contributed by atoms with Gasteiger partial charge < -0.3 is 5.48 Å². The van der Waals surface area contributed by atoms with Crippen LogP contribution in [-0.2, 0) is 4.70 Å². The molecule has 0 atom stereocenters. The Morgan fingerprint density at radius 2 is 1.60 bits per heavy atom. The van der Waals surface area contributed by atoms with Crippen molar-refractivity contribution in [1.82, 2.24) is 0 Å². The van der Waals surface area contributed by atoms with Crippen LogP contribution in [0.15, 0.2) is 0 Å². The molecule has 0 amide bonds. The summed E-state index contributed by atoms with van der Waals surface area (Å²) in [5, 5.41) is 8.25. The van der Waals surface area contributed by atoms with E-state index in [0.717, 1.165) is 0 Å². The van der Waals surface area contributed by atoms with Crippen LogP contribution in [-0.4, -0.2) is 12.8 Å². The average Bonchev–Trinajstić information content (AvgIpc) is 0.918. The van der Waals surface area contributed by atoms with Crippen molar-refractivity contribution in [1.29, 1.82) is 0 Å². The van der Waals surface area contributed by atoms with Gasteiger partial charge in [-0.3, -0.25) is 0 Å². The Balaban J connectivity index is -0.0000000200. The van der Waals surface area contributed by atoms with E-state index >= 15 is 0 Å². The van der Waals surface area contributed by atoms with E-state index in [1.807, 2.05) is 0 Å². The van der Waals surface area contributed by atoms with E-state index in [1.165, 1.54) is 0 Å². The van der Waals surface area contributed by atoms with Gasteiger partial charge in [-0.1, -0.05) is 0 Å². The average molecular weight is 99.9 g/mol. The molecule has 0 bridgehead atoms. The van der Waals surface area contributed by atoms with Crippen molar-refractivity contribution in [2.45, 2.75) is 0 Å². The minimum atomic E-state index is -0.500. The third kappa shape index (κ3) is 35.2. The molecule has 0 heterocycles. The van der Waals surface area contributed by atoms with Crippen LogP contribution in [0.4, 0.5) is 0 Å². The van der Waals surface area contributed by atoms with Gasteiger partial charge in [-0.05, 0) is 0 Å². The Kier molecular flexibility index (Phi) is 60.9. The third-order valence-corrected chi connectivity index (χ3v) is 0. The summed E-state index contributed by atoms with van der Waals surface area (Å²) in [4.78, 5) is 0. The monoisotopic (exact) mass is 100.0 g/mol. The maximum absolute atomic E-state index is 8.25. The van der Waals surface area contributed by atoms with Gasteiger partial charge in [0.05, 0.1) is 0 Å². The van der Waals surface area contributed by atoms with Crippen LogP contribution in [0.1, 0.15) is 0 Å². The fourth-order valence-electron chi connectivity index (χ4n) is 0. The van der Waals surface area contributed by atoms with Gasteiger partial charge >= 0.3 is 68.5 Å². The molecule has 0 aromatic heterocycles. The van der Waals surface area contributed by atoms with Crippen LogP contribution in [0.25, 0.3) is 0 Å². The number of rotatable bonds is 0. The van der Waals surface area contributed by atoms with Gasteiger partial charge in [-0.25, -0.2) is 0 Å². The molecule has 3 nitrogen and oxygen atoms in total. The maximum atomic E-state index is 8.25. The molecule has 5 heteroatoms. The zero-order valence-corrected chi connectivity index (χ0v) is 6.02. The van der Waals surface area contributed by atoms with E-state index in [2.05, 4.69) is 0 Å². The standard InChI is InChI=1S/BO2.K.H2O/c2-1-3;;/h;;1H2/q-1;+1;. The van der Waals surface area contributed by atoms with Crippen molar-refractivity contribution in [3.63, 3.8) is 0 Å². The molecular weight excluding hydrogens is 97.9 g/mol. The van der Waals surface area contributed by atoms with E-state index in [4.69, 9.17) is 9.73 Å². The second-order valence-electron chi connectivity index (χ2n) is 0.0962. The van der Waals surface area contributed by atoms with E-state index in [9.17, 15) is 0 Å². The Bertz CT molecular complexity index is 14.4. The summed E-state index contributed by atoms with van der Waals surface area (Å²) in [5.41, 5.74) is 0. The molecule has 0 aliphatic carbocycles. The van der Waals surface area contributed by atoms with Crippen molar-refractivity contribution in [3.8, 4) is 0 Å². The molecule has 0 aliphatic rings. The van der Waals surface area contributed by atoms with Gasteiger partial charge in [0.1, 0.15) is 0 Å². The fraction of sp³-hybridized carbons (Fsp3) is 0. The van der Waals surface area contributed by atoms with E-state index < -0.39 is 7.35 Å². The molecule has 0 aromatic carbocycles. The summed E-state index contributed by atoms with van der Waals surface area (Å²) in [6.07, 6.45) is 0. The molecule has 0 saturated heterocycles. The number of hydrogen-bond acceptors (Lipinski definition) is 2. The van der Waals surface area contributed by atoms with Crippen LogP contribution < -0.4 is 56.4 Å². The molecule has 2 N–H and O–H groups in total. The van der Waals surface area contributed by atoms with Gasteiger partial charge in [-0.15, -0.1) is 0 Å². The Labute approximate surface area is 72.8 Å². The summed E-state index contributed by atoms with van der Waals surface area (Å²) in [6.45, 7) is 0. The SMILES string of the molecule is O.O=B[O-].[K+]. The fourth-order valence-corrected chi connectivity index (χ4v) is 0. The summed E-state index contributed by atoms with van der Waals surface area (Å²) < 4.78 is 8.25. The predicted octanol–water partition coefficient (Wildman–Crippen LogP) is -5.51. The summed E-state index contributed by atoms with van der Waals surface area (Å²) >= 11 is 0. The first-order valence-electron chi connectivity index (χ1n) is 0.471. The first-order valence-corrected chi connectivity index (χ1v) is 0.471. The molecule has 0 fully saturated rings. The van der Waals surface area contributed by atoms with Crippen molar-refractivity contribution in [2.75, 3.05) is 0 Å². The smallest absolute Gasteiger partial charge is 1.00 e. The molecule has 0 rings (SSSR count). The zero-order valence-electron chi connectivity index (χ0n) is 2.89. The van der Waals surface area contributed by atoms with E-state index in [1.54, 1.807) is 0 Å². The van der Waals surface area contributed by atoms with Crippen molar-refractivity contribution in [2.24, 2.45) is 0 Å². The van der Waals surface area contributed by atoms with Gasteiger partial charge in [0, 0.05) is 0 Å². The van der Waals surface area contributed by atoms with Gasteiger partial charge in [0.15, 0.2) is 0 Å². The van der Waals surface area contributed by atoms with Crippen molar-refractivity contribution < 1.29 is 66.6 Å². The van der Waals surface area contributed by atoms with Gasteiger partial charge in [0.2, 0.25) is 0 Å². The van der Waals surface area contributed by atoms with Gasteiger partial charge in [0.25, 0.3) is 0 Å². The summed E-state index contributed by atoms with van der Waals surface area (Å²) in [5.74, 6) is 0. The first kappa shape index (κ1) is 16.3. The van der Waals surface area contributed by atoms with Crippen LogP contribution in [0.5, 0.6) is 0 Å². The second-order valence-corrected chi connectivity index (χ2v) is 0.0962. The number of hydrogen-bond donors (Lipinski definition) is 0. The van der Waals surface area contributed by atoms with Crippen molar-refractivity contribution >= 4 is 7.35 Å². The molecule has 0 aliphatic heterocycles. The largest absolute Gasteiger partial charge is 1.00 e. The molecule has 0 spiro atoms. The Morgan fingerprint density at radius 1 is 1.60 bits per heavy atom. The van der Waals surface area contributed by atoms with Crippen LogP contribution in [0.3, 0.4) is 0 Å². The Morgan fingerprint density at radius 3 is 1.60 bits per heavy atom. The quantitative estimate of drug-likeness (QED) is 0.285. The van der Waals surface area contributed by atoms with E-state index in [-0.39, 0.29) is 56.9 Å². The summed E-state index contributed by atoms with van der Waals surface area (Å²) in [6, 6.07) is 0. The molecule has 0 radical (unpaired) electrons. The first-order chi connectivity index (χ1) is 1.41. The molecule has 0 saturated carbocycles.